The molecule has 1 atom stereocenters. The van der Waals surface area contributed by atoms with Gasteiger partial charge in [-0.2, -0.15) is 0 Å². The quantitative estimate of drug-likeness (QED) is 0.0357. The Kier molecular flexibility index (Phi) is 45.0. The highest BCUT2D eigenvalue weighted by Crippen LogP contribution is 2.17. The molecule has 0 aliphatic carbocycles. The molecule has 1 aliphatic heterocycles. The number of hydrogen-bond acceptors (Lipinski definition) is 8. The first kappa shape index (κ1) is 58.0. The zero-order valence-electron chi connectivity index (χ0n) is 40.5. The predicted molar refractivity (Wildman–Crippen MR) is 256 cm³/mol. The van der Waals surface area contributed by atoms with Crippen LogP contribution in [0.4, 0.5) is 0 Å². The van der Waals surface area contributed by atoms with E-state index in [2.05, 4.69) is 48.2 Å². The third kappa shape index (κ3) is 40.1. The maximum atomic E-state index is 12.3. The van der Waals surface area contributed by atoms with Crippen LogP contribution in [-0.4, -0.2) is 81.1 Å². The molecule has 1 heterocycles. The van der Waals surface area contributed by atoms with Crippen LogP contribution in [0.3, 0.4) is 0 Å². The summed E-state index contributed by atoms with van der Waals surface area (Å²) >= 11 is 0. The number of aldehydes is 1. The number of ether oxygens (including phenoxy) is 2. The van der Waals surface area contributed by atoms with E-state index in [1.54, 1.807) is 0 Å². The number of carbonyl (C=O) groups is 3. The molecule has 0 fully saturated rings. The van der Waals surface area contributed by atoms with Crippen molar-refractivity contribution >= 4 is 24.1 Å². The van der Waals surface area contributed by atoms with Crippen molar-refractivity contribution in [3.8, 4) is 0 Å². The van der Waals surface area contributed by atoms with E-state index < -0.39 is 0 Å². The van der Waals surface area contributed by atoms with Gasteiger partial charge in [0.25, 0.3) is 0 Å². The Bertz CT molecular complexity index is 963. The minimum absolute atomic E-state index is 0.0168. The molecule has 9 nitrogen and oxygen atoms in total. The molecule has 0 saturated carbocycles. The number of carbonyl (C=O) groups excluding carboxylic acids is 3. The van der Waals surface area contributed by atoms with Gasteiger partial charge in [0.2, 0.25) is 5.91 Å². The molecule has 9 heteroatoms. The third-order valence-corrected chi connectivity index (χ3v) is 12.0. The summed E-state index contributed by atoms with van der Waals surface area (Å²) in [6.07, 6.45) is 44.0. The molecule has 1 unspecified atom stereocenters. The SMILES string of the molecule is CCCCCCCCC(CC)OC(=O)CCCCCCCN(CCCCCCCC=O)CCCNC1=NCC(=O)N1.CCCCCCCCC(CCCCCCCC)OC. The Hall–Kier alpha value is -2.00. The minimum Gasteiger partial charge on any atom is -0.462 e. The Balaban J connectivity index is 0.00000153. The van der Waals surface area contributed by atoms with Crippen LogP contribution >= 0.6 is 0 Å². The van der Waals surface area contributed by atoms with Gasteiger partial charge in [-0.1, -0.05) is 175 Å². The van der Waals surface area contributed by atoms with Crippen LogP contribution in [0, 0.1) is 0 Å². The number of unbranched alkanes of at least 4 members (excludes halogenated alkanes) is 24. The van der Waals surface area contributed by atoms with Crippen molar-refractivity contribution in [2.45, 2.75) is 265 Å². The molecular formula is C51H100N4O5. The smallest absolute Gasteiger partial charge is 0.306 e. The first-order valence-corrected chi connectivity index (χ1v) is 25.9. The third-order valence-electron chi connectivity index (χ3n) is 12.0. The fraction of sp³-hybridized carbons (Fsp3) is 0.922. The maximum absolute atomic E-state index is 12.3. The monoisotopic (exact) mass is 849 g/mol. The van der Waals surface area contributed by atoms with Gasteiger partial charge in [-0.15, -0.1) is 0 Å². The second-order valence-electron chi connectivity index (χ2n) is 17.6. The van der Waals surface area contributed by atoms with Gasteiger partial charge in [-0.05, 0) is 83.8 Å². The summed E-state index contributed by atoms with van der Waals surface area (Å²) in [5.41, 5.74) is 0. The lowest BCUT2D eigenvalue weighted by molar-refractivity contribution is -0.149. The average molecular weight is 849 g/mol. The van der Waals surface area contributed by atoms with Gasteiger partial charge >= 0.3 is 5.97 Å². The van der Waals surface area contributed by atoms with Gasteiger partial charge in [0.15, 0.2) is 5.96 Å². The van der Waals surface area contributed by atoms with E-state index in [9.17, 15) is 14.4 Å². The minimum atomic E-state index is -0.0483. The summed E-state index contributed by atoms with van der Waals surface area (Å²) in [6.45, 7) is 13.2. The van der Waals surface area contributed by atoms with Gasteiger partial charge < -0.3 is 24.5 Å². The van der Waals surface area contributed by atoms with Crippen LogP contribution in [0.2, 0.25) is 0 Å². The maximum Gasteiger partial charge on any atom is 0.306 e. The van der Waals surface area contributed by atoms with Crippen molar-refractivity contribution < 1.29 is 23.9 Å². The second-order valence-corrected chi connectivity index (χ2v) is 17.6. The van der Waals surface area contributed by atoms with E-state index in [0.717, 1.165) is 90.3 Å². The van der Waals surface area contributed by atoms with E-state index in [0.29, 0.717) is 24.9 Å². The normalized spacial score (nSPS) is 13.0. The molecule has 0 spiro atoms. The summed E-state index contributed by atoms with van der Waals surface area (Å²) in [5, 5.41) is 5.96. The summed E-state index contributed by atoms with van der Waals surface area (Å²) in [6, 6.07) is 0. The number of nitrogens with one attached hydrogen (secondary N) is 2. The second kappa shape index (κ2) is 46.5. The number of hydrogen-bond donors (Lipinski definition) is 2. The van der Waals surface area contributed by atoms with Crippen LogP contribution in [0.5, 0.6) is 0 Å². The van der Waals surface area contributed by atoms with E-state index in [1.165, 1.54) is 154 Å². The van der Waals surface area contributed by atoms with Crippen molar-refractivity contribution in [3.05, 3.63) is 0 Å². The standard InChI is InChI=1S/C33H62N4O4.C18H38O/c1-3-5-6-7-11-16-22-30(4-2)41-32(40)23-17-12-10-14-19-26-37(25-18-13-8-9-15-20-28-38)27-21-24-34-33-35-29-31(39)36-33;1-4-6-8-10-12-14-16-18(19-3)17-15-13-11-9-7-5-2/h28,30H,3-27,29H2,1-2H3,(H2,34,35,36,39);18H,4-17H2,1-3H3. The van der Waals surface area contributed by atoms with E-state index in [1.807, 2.05) is 7.11 Å². The number of nitrogens with zero attached hydrogens (tertiary/aromatic N) is 2. The molecule has 60 heavy (non-hydrogen) atoms. The molecule has 1 amide bonds. The fourth-order valence-electron chi connectivity index (χ4n) is 7.96. The highest BCUT2D eigenvalue weighted by molar-refractivity contribution is 6.02. The first-order chi connectivity index (χ1) is 29.4. The number of amides is 1. The molecule has 0 aromatic carbocycles. The van der Waals surface area contributed by atoms with Crippen molar-refractivity contribution in [3.63, 3.8) is 0 Å². The van der Waals surface area contributed by atoms with E-state index in [4.69, 9.17) is 9.47 Å². The van der Waals surface area contributed by atoms with Crippen molar-refractivity contribution in [1.82, 2.24) is 15.5 Å². The highest BCUT2D eigenvalue weighted by Gasteiger charge is 2.14. The van der Waals surface area contributed by atoms with Gasteiger partial charge in [0.1, 0.15) is 18.9 Å². The topological polar surface area (TPSA) is 109 Å². The molecule has 0 aromatic rings. The zero-order valence-corrected chi connectivity index (χ0v) is 40.5. The Labute approximate surface area is 371 Å². The molecule has 1 aliphatic rings. The molecule has 0 saturated heterocycles. The van der Waals surface area contributed by atoms with Crippen LogP contribution in [0.15, 0.2) is 4.99 Å². The summed E-state index contributed by atoms with van der Waals surface area (Å²) in [5.74, 6) is 0.536. The molecule has 0 aromatic heterocycles. The summed E-state index contributed by atoms with van der Waals surface area (Å²) in [4.78, 5) is 40.8. The Morgan fingerprint density at radius 3 is 1.55 bits per heavy atom. The summed E-state index contributed by atoms with van der Waals surface area (Å²) < 4.78 is 11.4. The lowest BCUT2D eigenvalue weighted by atomic mass is 10.0. The Morgan fingerprint density at radius 2 is 1.08 bits per heavy atom. The van der Waals surface area contributed by atoms with Gasteiger partial charge in [-0.25, -0.2) is 4.99 Å². The first-order valence-electron chi connectivity index (χ1n) is 25.9. The number of esters is 1. The molecular weight excluding hydrogens is 749 g/mol. The number of rotatable bonds is 44. The van der Waals surface area contributed by atoms with Gasteiger partial charge in [0, 0.05) is 26.5 Å². The average Bonchev–Trinajstić information content (AvgIpc) is 3.68. The fourth-order valence-corrected chi connectivity index (χ4v) is 7.96. The molecule has 354 valence electrons. The lowest BCUT2D eigenvalue weighted by Crippen LogP contribution is -2.38. The largest absolute Gasteiger partial charge is 0.462 e. The van der Waals surface area contributed by atoms with Crippen molar-refractivity contribution in [2.75, 3.05) is 39.8 Å². The molecule has 2 N–H and O–H groups in total. The number of guanidine groups is 1. The molecule has 0 radical (unpaired) electrons. The summed E-state index contributed by atoms with van der Waals surface area (Å²) in [7, 11) is 1.89. The van der Waals surface area contributed by atoms with Crippen LogP contribution in [-0.2, 0) is 23.9 Å². The molecule has 0 bridgehead atoms. The van der Waals surface area contributed by atoms with E-state index >= 15 is 0 Å². The van der Waals surface area contributed by atoms with Crippen LogP contribution in [0.1, 0.15) is 252 Å². The number of aliphatic imine (C=N–C) groups is 1. The van der Waals surface area contributed by atoms with Gasteiger partial charge in [-0.3, -0.25) is 14.9 Å². The van der Waals surface area contributed by atoms with Gasteiger partial charge in [0.05, 0.1) is 6.10 Å². The van der Waals surface area contributed by atoms with Crippen LogP contribution in [0.25, 0.3) is 0 Å². The Morgan fingerprint density at radius 1 is 0.633 bits per heavy atom. The van der Waals surface area contributed by atoms with Crippen molar-refractivity contribution in [2.24, 2.45) is 4.99 Å². The van der Waals surface area contributed by atoms with E-state index in [-0.39, 0.29) is 24.5 Å². The number of methoxy groups -OCH3 is 1. The lowest BCUT2D eigenvalue weighted by Gasteiger charge is -2.22. The van der Waals surface area contributed by atoms with Crippen LogP contribution < -0.4 is 10.6 Å². The predicted octanol–water partition coefficient (Wildman–Crippen LogP) is 13.2. The zero-order chi connectivity index (χ0) is 44.0. The molecule has 1 rings (SSSR count). The highest BCUT2D eigenvalue weighted by atomic mass is 16.5. The van der Waals surface area contributed by atoms with Crippen molar-refractivity contribution in [1.29, 1.82) is 0 Å².